The number of benzene rings is 2. The number of nitrogens with two attached hydrogens (primary N) is 1. The average Bonchev–Trinajstić information content (AvgIpc) is 2.97. The molecule has 0 aliphatic rings. The molecule has 4 nitrogen and oxygen atoms in total. The van der Waals surface area contributed by atoms with E-state index < -0.39 is 6.04 Å². The summed E-state index contributed by atoms with van der Waals surface area (Å²) in [5, 5.41) is 4.03. The molecule has 0 unspecified atom stereocenters. The van der Waals surface area contributed by atoms with Crippen molar-refractivity contribution in [2.45, 2.75) is 13.0 Å². The van der Waals surface area contributed by atoms with Gasteiger partial charge in [-0.05, 0) is 30.2 Å². The van der Waals surface area contributed by atoms with Crippen LogP contribution in [0.4, 0.5) is 0 Å². The minimum absolute atomic E-state index is 0.406. The monoisotopic (exact) mass is 343 g/mol. The lowest BCUT2D eigenvalue weighted by molar-refractivity contribution is 0.367. The van der Waals surface area contributed by atoms with Gasteiger partial charge in [-0.15, -0.1) is 0 Å². The molecule has 3 rings (SSSR count). The van der Waals surface area contributed by atoms with Crippen LogP contribution in [-0.4, -0.2) is 10.1 Å². The Labute approximate surface area is 131 Å². The molecule has 0 spiro atoms. The van der Waals surface area contributed by atoms with Crippen molar-refractivity contribution in [2.75, 3.05) is 0 Å². The first kappa shape index (κ1) is 14.0. The summed E-state index contributed by atoms with van der Waals surface area (Å²) in [4.78, 5) is 4.41. The Bertz CT molecular complexity index is 755. The summed E-state index contributed by atoms with van der Waals surface area (Å²) in [5.41, 5.74) is 9.15. The summed E-state index contributed by atoms with van der Waals surface area (Å²) in [6.07, 6.45) is 0. The summed E-state index contributed by atoms with van der Waals surface area (Å²) in [6.45, 7) is 2.03. The third kappa shape index (κ3) is 2.89. The van der Waals surface area contributed by atoms with E-state index in [1.165, 1.54) is 0 Å². The van der Waals surface area contributed by atoms with Crippen LogP contribution in [0.5, 0.6) is 0 Å². The predicted molar refractivity (Wildman–Crippen MR) is 84.6 cm³/mol. The molecule has 5 heteroatoms. The molecule has 1 atom stereocenters. The molecule has 0 aliphatic heterocycles. The van der Waals surface area contributed by atoms with Crippen LogP contribution in [-0.2, 0) is 0 Å². The second kappa shape index (κ2) is 5.79. The summed E-state index contributed by atoms with van der Waals surface area (Å²) in [7, 11) is 0. The Morgan fingerprint density at radius 3 is 2.62 bits per heavy atom. The van der Waals surface area contributed by atoms with E-state index in [4.69, 9.17) is 10.3 Å². The van der Waals surface area contributed by atoms with E-state index in [2.05, 4.69) is 26.1 Å². The summed E-state index contributed by atoms with van der Waals surface area (Å²) < 4.78 is 6.25. The van der Waals surface area contributed by atoms with Crippen molar-refractivity contribution in [2.24, 2.45) is 5.73 Å². The van der Waals surface area contributed by atoms with Crippen LogP contribution < -0.4 is 5.73 Å². The van der Waals surface area contributed by atoms with Crippen molar-refractivity contribution in [3.8, 4) is 11.4 Å². The first-order valence-corrected chi connectivity index (χ1v) is 7.35. The average molecular weight is 344 g/mol. The molecule has 3 aromatic rings. The number of halogens is 1. The third-order valence-electron chi connectivity index (χ3n) is 3.23. The molecule has 0 amide bonds. The highest BCUT2D eigenvalue weighted by molar-refractivity contribution is 9.10. The Hall–Kier alpha value is -1.98. The quantitative estimate of drug-likeness (QED) is 0.784. The summed E-state index contributed by atoms with van der Waals surface area (Å²) in [5.74, 6) is 0.937. The molecule has 0 radical (unpaired) electrons. The van der Waals surface area contributed by atoms with Gasteiger partial charge in [0.15, 0.2) is 0 Å². The van der Waals surface area contributed by atoms with Crippen molar-refractivity contribution in [1.29, 1.82) is 0 Å². The molecule has 2 N–H and O–H groups in total. The topological polar surface area (TPSA) is 64.9 Å². The number of aryl methyl sites for hydroxylation is 1. The van der Waals surface area contributed by atoms with Gasteiger partial charge in [0.1, 0.15) is 6.04 Å². The highest BCUT2D eigenvalue weighted by atomic mass is 79.9. The fraction of sp³-hybridized carbons (Fsp3) is 0.125. The Kier molecular flexibility index (Phi) is 3.86. The molecule has 0 saturated carbocycles. The fourth-order valence-corrected chi connectivity index (χ4v) is 2.75. The van der Waals surface area contributed by atoms with E-state index in [1.807, 2.05) is 55.5 Å². The van der Waals surface area contributed by atoms with Gasteiger partial charge >= 0.3 is 0 Å². The number of aromatic nitrogens is 2. The highest BCUT2D eigenvalue weighted by Gasteiger charge is 2.18. The molecule has 0 aliphatic carbocycles. The van der Waals surface area contributed by atoms with Gasteiger partial charge in [0.2, 0.25) is 11.7 Å². The van der Waals surface area contributed by atoms with E-state index in [1.54, 1.807) is 0 Å². The molecule has 1 aromatic heterocycles. The van der Waals surface area contributed by atoms with Crippen LogP contribution in [0.1, 0.15) is 23.1 Å². The van der Waals surface area contributed by atoms with E-state index in [9.17, 15) is 0 Å². The van der Waals surface area contributed by atoms with Crippen LogP contribution >= 0.6 is 15.9 Å². The van der Waals surface area contributed by atoms with Crippen molar-refractivity contribution in [3.63, 3.8) is 0 Å². The van der Waals surface area contributed by atoms with Crippen molar-refractivity contribution in [3.05, 3.63) is 70.0 Å². The van der Waals surface area contributed by atoms with Crippen LogP contribution in [0.15, 0.2) is 57.5 Å². The first-order valence-electron chi connectivity index (χ1n) is 6.56. The molecule has 0 fully saturated rings. The van der Waals surface area contributed by atoms with Gasteiger partial charge in [-0.25, -0.2) is 0 Å². The van der Waals surface area contributed by atoms with Crippen LogP contribution in [0.2, 0.25) is 0 Å². The SMILES string of the molecule is Cc1ccc(-c2noc([C@H](N)c3ccccc3)n2)c(Br)c1. The Balaban J connectivity index is 1.93. The second-order valence-electron chi connectivity index (χ2n) is 4.83. The largest absolute Gasteiger partial charge is 0.337 e. The molecule has 0 saturated heterocycles. The molecule has 1 heterocycles. The van der Waals surface area contributed by atoms with Gasteiger partial charge in [-0.1, -0.05) is 57.5 Å². The lowest BCUT2D eigenvalue weighted by Gasteiger charge is -2.05. The third-order valence-corrected chi connectivity index (χ3v) is 3.89. The standard InChI is InChI=1S/C16H14BrN3O/c1-10-7-8-12(13(17)9-10)15-19-16(21-20-15)14(18)11-5-3-2-4-6-11/h2-9,14H,18H2,1H3/t14-/m1/s1. The Morgan fingerprint density at radius 2 is 1.90 bits per heavy atom. The fourth-order valence-electron chi connectivity index (χ4n) is 2.08. The zero-order valence-electron chi connectivity index (χ0n) is 11.5. The lowest BCUT2D eigenvalue weighted by Crippen LogP contribution is -2.11. The number of rotatable bonds is 3. The van der Waals surface area contributed by atoms with Gasteiger partial charge in [0, 0.05) is 10.0 Å². The van der Waals surface area contributed by atoms with Gasteiger partial charge in [-0.2, -0.15) is 4.98 Å². The van der Waals surface area contributed by atoms with Crippen LogP contribution in [0.3, 0.4) is 0 Å². The Morgan fingerprint density at radius 1 is 1.14 bits per heavy atom. The number of nitrogens with zero attached hydrogens (tertiary/aromatic N) is 2. The highest BCUT2D eigenvalue weighted by Crippen LogP contribution is 2.28. The maximum atomic E-state index is 6.16. The second-order valence-corrected chi connectivity index (χ2v) is 5.68. The van der Waals surface area contributed by atoms with E-state index in [0.29, 0.717) is 11.7 Å². The van der Waals surface area contributed by atoms with Crippen LogP contribution in [0, 0.1) is 6.92 Å². The molecule has 106 valence electrons. The molecule has 2 aromatic carbocycles. The van der Waals surface area contributed by atoms with E-state index in [0.717, 1.165) is 21.2 Å². The normalized spacial score (nSPS) is 12.3. The smallest absolute Gasteiger partial charge is 0.248 e. The van der Waals surface area contributed by atoms with Crippen molar-refractivity contribution in [1.82, 2.24) is 10.1 Å². The molecule has 0 bridgehead atoms. The van der Waals surface area contributed by atoms with Crippen molar-refractivity contribution < 1.29 is 4.52 Å². The number of hydrogen-bond donors (Lipinski definition) is 1. The molecular formula is C16H14BrN3O. The maximum Gasteiger partial charge on any atom is 0.248 e. The van der Waals surface area contributed by atoms with Crippen LogP contribution in [0.25, 0.3) is 11.4 Å². The molecular weight excluding hydrogens is 330 g/mol. The van der Waals surface area contributed by atoms with Gasteiger partial charge in [0.05, 0.1) is 0 Å². The lowest BCUT2D eigenvalue weighted by atomic mass is 10.1. The predicted octanol–water partition coefficient (Wildman–Crippen LogP) is 3.86. The maximum absolute atomic E-state index is 6.16. The van der Waals surface area contributed by atoms with Gasteiger partial charge in [0.25, 0.3) is 0 Å². The minimum Gasteiger partial charge on any atom is -0.337 e. The molecule has 21 heavy (non-hydrogen) atoms. The van der Waals surface area contributed by atoms with Crippen molar-refractivity contribution >= 4 is 15.9 Å². The van der Waals surface area contributed by atoms with Gasteiger partial charge < -0.3 is 10.3 Å². The zero-order valence-corrected chi connectivity index (χ0v) is 13.0. The van der Waals surface area contributed by atoms with E-state index in [-0.39, 0.29) is 0 Å². The van der Waals surface area contributed by atoms with E-state index >= 15 is 0 Å². The minimum atomic E-state index is -0.420. The summed E-state index contributed by atoms with van der Waals surface area (Å²) in [6, 6.07) is 15.3. The first-order chi connectivity index (χ1) is 10.1. The summed E-state index contributed by atoms with van der Waals surface area (Å²) >= 11 is 3.52. The number of hydrogen-bond acceptors (Lipinski definition) is 4. The van der Waals surface area contributed by atoms with Gasteiger partial charge in [-0.3, -0.25) is 0 Å². The zero-order chi connectivity index (χ0) is 14.8.